The molecule has 6 rings (SSSR count). The number of anilines is 2. The van der Waals surface area contributed by atoms with Crippen molar-refractivity contribution in [1.82, 2.24) is 19.4 Å². The van der Waals surface area contributed by atoms with E-state index >= 15 is 4.39 Å². The summed E-state index contributed by atoms with van der Waals surface area (Å²) in [5.41, 5.74) is 2.64. The Morgan fingerprint density at radius 3 is 2.48 bits per heavy atom. The number of pyridine rings is 2. The fraction of sp³-hybridized carbons (Fsp3) is 0.412. The van der Waals surface area contributed by atoms with Crippen LogP contribution in [0.5, 0.6) is 0 Å². The fourth-order valence-corrected chi connectivity index (χ4v) is 8.14. The van der Waals surface area contributed by atoms with Crippen molar-refractivity contribution in [2.45, 2.75) is 63.2 Å². The summed E-state index contributed by atoms with van der Waals surface area (Å²) in [6.07, 6.45) is 10.4. The second kappa shape index (κ2) is 13.1. The number of nitrogens with zero attached hydrogens (tertiary/aromatic N) is 4. The molecule has 2 aliphatic rings. The van der Waals surface area contributed by atoms with E-state index in [-0.39, 0.29) is 48.8 Å². The number of aromatic nitrogens is 3. The molecule has 1 aromatic carbocycles. The minimum atomic E-state index is -3.69. The van der Waals surface area contributed by atoms with E-state index in [1.54, 1.807) is 36.5 Å². The van der Waals surface area contributed by atoms with Crippen LogP contribution < -0.4 is 10.5 Å². The highest BCUT2D eigenvalue weighted by Crippen LogP contribution is 2.47. The third kappa shape index (κ3) is 6.32. The number of unbranched alkanes of at least 4 members (excludes halogenated alkanes) is 5. The van der Waals surface area contributed by atoms with Gasteiger partial charge in [0.05, 0.1) is 23.7 Å². The molecule has 254 valence electrons. The van der Waals surface area contributed by atoms with Gasteiger partial charge in [0.1, 0.15) is 11.3 Å². The first kappa shape index (κ1) is 33.3. The van der Waals surface area contributed by atoms with E-state index in [1.165, 1.54) is 9.47 Å². The highest BCUT2D eigenvalue weighted by atomic mass is 32.2. The monoisotopic (exact) mass is 681 g/mol. The Balaban J connectivity index is 1.44. The van der Waals surface area contributed by atoms with Crippen molar-refractivity contribution in [3.05, 3.63) is 75.5 Å². The van der Waals surface area contributed by atoms with E-state index in [2.05, 4.69) is 9.97 Å². The van der Waals surface area contributed by atoms with E-state index in [4.69, 9.17) is 5.11 Å². The Labute approximate surface area is 276 Å². The predicted octanol–water partition coefficient (Wildman–Crippen LogP) is 5.61. The predicted molar refractivity (Wildman–Crippen MR) is 177 cm³/mol. The molecule has 1 atom stereocenters. The third-order valence-corrected chi connectivity index (χ3v) is 10.8. The van der Waals surface area contributed by atoms with Crippen molar-refractivity contribution in [1.29, 1.82) is 0 Å². The van der Waals surface area contributed by atoms with Crippen LogP contribution >= 0.6 is 0 Å². The smallest absolute Gasteiger partial charge is 0.303 e. The van der Waals surface area contributed by atoms with Gasteiger partial charge in [-0.15, -0.1) is 0 Å². The lowest BCUT2D eigenvalue weighted by molar-refractivity contribution is -0.137. The first-order chi connectivity index (χ1) is 22.8. The van der Waals surface area contributed by atoms with E-state index in [9.17, 15) is 27.2 Å². The molecule has 0 aliphatic carbocycles. The van der Waals surface area contributed by atoms with Crippen LogP contribution in [0.25, 0.3) is 22.0 Å². The maximum atomic E-state index is 15.4. The second-order valence-corrected chi connectivity index (χ2v) is 14.9. The summed E-state index contributed by atoms with van der Waals surface area (Å²) in [5, 5.41) is 8.41. The van der Waals surface area contributed by atoms with Crippen molar-refractivity contribution < 1.29 is 31.9 Å². The molecule has 2 N–H and O–H groups in total. The molecule has 2 aliphatic heterocycles. The van der Waals surface area contributed by atoms with Gasteiger partial charge in [0.2, 0.25) is 0 Å². The topological polar surface area (TPSA) is 146 Å². The van der Waals surface area contributed by atoms with E-state index in [0.29, 0.717) is 58.2 Å². The number of halogens is 2. The summed E-state index contributed by atoms with van der Waals surface area (Å²) in [6, 6.07) is 3.98. The molecule has 1 amide bonds. The van der Waals surface area contributed by atoms with Crippen LogP contribution in [0.2, 0.25) is 0 Å². The van der Waals surface area contributed by atoms with E-state index in [1.807, 2.05) is 0 Å². The average Bonchev–Trinajstić information content (AvgIpc) is 3.32. The molecule has 14 heteroatoms. The number of hydrogen-bond acceptors (Lipinski definition) is 7. The zero-order valence-electron chi connectivity index (χ0n) is 26.8. The van der Waals surface area contributed by atoms with Crippen LogP contribution in [-0.4, -0.2) is 64.2 Å². The Kier molecular flexibility index (Phi) is 9.12. The highest BCUT2D eigenvalue weighted by Gasteiger charge is 2.37. The number of carboxylic acids is 1. The van der Waals surface area contributed by atoms with Crippen molar-refractivity contribution in [2.75, 3.05) is 24.2 Å². The number of aliphatic carboxylic acids is 1. The molecule has 4 aromatic rings. The number of sulfone groups is 1. The minimum absolute atomic E-state index is 0.0291. The molecule has 5 heterocycles. The number of H-pyrrole nitrogens is 1. The van der Waals surface area contributed by atoms with Gasteiger partial charge in [-0.3, -0.25) is 14.4 Å². The number of aryl methyl sites for hydroxylation is 1. The first-order valence-electron chi connectivity index (χ1n) is 16.0. The molecular weight excluding hydrogens is 644 g/mol. The molecule has 0 unspecified atom stereocenters. The van der Waals surface area contributed by atoms with Crippen LogP contribution in [-0.2, 0) is 28.2 Å². The van der Waals surface area contributed by atoms with Crippen molar-refractivity contribution in [3.8, 4) is 11.1 Å². The lowest BCUT2D eigenvalue weighted by Crippen LogP contribution is -2.32. The Bertz CT molecular complexity index is 2090. The molecular formula is C34H37F2N5O6S. The number of aromatic amines is 1. The molecule has 48 heavy (non-hydrogen) atoms. The zero-order chi connectivity index (χ0) is 34.3. The molecule has 3 aromatic heterocycles. The number of fused-ring (bicyclic) bond motifs is 3. The number of amides is 1. The fourth-order valence-electron chi connectivity index (χ4n) is 6.95. The van der Waals surface area contributed by atoms with Gasteiger partial charge < -0.3 is 24.5 Å². The number of carbonyl (C=O) groups excluding carboxylic acids is 1. The Morgan fingerprint density at radius 1 is 1.04 bits per heavy atom. The molecule has 11 nitrogen and oxygen atoms in total. The maximum Gasteiger partial charge on any atom is 0.303 e. The Hall–Kier alpha value is -4.59. The van der Waals surface area contributed by atoms with Gasteiger partial charge in [-0.2, -0.15) is 0 Å². The zero-order valence-corrected chi connectivity index (χ0v) is 27.6. The molecule has 0 fully saturated rings. The number of rotatable bonds is 11. The maximum absolute atomic E-state index is 15.4. The van der Waals surface area contributed by atoms with Crippen LogP contribution in [0, 0.1) is 11.6 Å². The quantitative estimate of drug-likeness (QED) is 0.195. The SMILES string of the molecule is Cn1cc2c3c(c[nH]c3c1=O)CN(c1ncc(F)cc1F)c1cc3c(cc1-2)[C@@H](S(C)(=O)=O)CCN(CCCCCCCCC(=O)O)C3=O. The number of hydrogen-bond donors (Lipinski definition) is 2. The van der Waals surface area contributed by atoms with Crippen molar-refractivity contribution >= 4 is 44.1 Å². The number of benzene rings is 1. The van der Waals surface area contributed by atoms with Crippen LogP contribution in [0.3, 0.4) is 0 Å². The van der Waals surface area contributed by atoms with Crippen molar-refractivity contribution in [3.63, 3.8) is 0 Å². The van der Waals surface area contributed by atoms with E-state index in [0.717, 1.165) is 44.2 Å². The van der Waals surface area contributed by atoms with Gasteiger partial charge in [0.15, 0.2) is 21.5 Å². The van der Waals surface area contributed by atoms with Crippen molar-refractivity contribution in [2.24, 2.45) is 7.05 Å². The molecule has 0 spiro atoms. The average molecular weight is 682 g/mol. The van der Waals surface area contributed by atoms with Gasteiger partial charge >= 0.3 is 5.97 Å². The van der Waals surface area contributed by atoms with Gasteiger partial charge in [-0.05, 0) is 42.5 Å². The van der Waals surface area contributed by atoms with Crippen LogP contribution in [0.15, 0.2) is 41.6 Å². The summed E-state index contributed by atoms with van der Waals surface area (Å²) >= 11 is 0. The first-order valence-corrected chi connectivity index (χ1v) is 18.0. The van der Waals surface area contributed by atoms with Gasteiger partial charge in [-0.25, -0.2) is 22.2 Å². The molecule has 0 saturated heterocycles. The normalized spacial score (nSPS) is 16.1. The summed E-state index contributed by atoms with van der Waals surface area (Å²) < 4.78 is 57.3. The number of nitrogens with one attached hydrogen (secondary N) is 1. The standard InChI is InChI=1S/C34H37F2N5O6S/c1-39-19-25-22-14-23-24(33(44)40(12-10-28(23)48(2,46)47)11-8-6-4-3-5-7-9-29(42)43)15-27(22)41(32-26(36)13-21(35)17-38-32)18-20-16-37-31(30(20)25)34(39)45/h13-17,19,28,37H,3-12,18H2,1-2H3,(H,42,43)/t28-/m0/s1. The van der Waals surface area contributed by atoms with Crippen LogP contribution in [0.1, 0.15) is 78.1 Å². The van der Waals surface area contributed by atoms with Gasteiger partial charge in [-0.1, -0.05) is 25.7 Å². The molecule has 0 bridgehead atoms. The van der Waals surface area contributed by atoms with E-state index < -0.39 is 32.7 Å². The molecule has 0 radical (unpaired) electrons. The van der Waals surface area contributed by atoms with Crippen LogP contribution in [0.4, 0.5) is 20.3 Å². The Morgan fingerprint density at radius 2 is 1.77 bits per heavy atom. The summed E-state index contributed by atoms with van der Waals surface area (Å²) in [6.45, 7) is 0.658. The lowest BCUT2D eigenvalue weighted by atomic mass is 9.93. The summed E-state index contributed by atoms with van der Waals surface area (Å²) in [4.78, 5) is 48.3. The third-order valence-electron chi connectivity index (χ3n) is 9.32. The number of carbonyl (C=O) groups is 2. The largest absolute Gasteiger partial charge is 0.481 e. The molecule has 0 saturated carbocycles. The van der Waals surface area contributed by atoms with Gasteiger partial charge in [0, 0.05) is 73.4 Å². The minimum Gasteiger partial charge on any atom is -0.481 e. The summed E-state index contributed by atoms with van der Waals surface area (Å²) in [5.74, 6) is -3.12. The highest BCUT2D eigenvalue weighted by molar-refractivity contribution is 7.90. The summed E-state index contributed by atoms with van der Waals surface area (Å²) in [7, 11) is -2.09. The lowest BCUT2D eigenvalue weighted by Gasteiger charge is -2.27. The van der Waals surface area contributed by atoms with Gasteiger partial charge in [0.25, 0.3) is 11.5 Å². The number of carboxylic acid groups (broad SMARTS) is 1. The second-order valence-electron chi connectivity index (χ2n) is 12.7.